The lowest BCUT2D eigenvalue weighted by atomic mass is 10.0. The van der Waals surface area contributed by atoms with Gasteiger partial charge in [0.05, 0.1) is 18.5 Å². The highest BCUT2D eigenvalue weighted by atomic mass is 15.2. The van der Waals surface area contributed by atoms with Crippen LogP contribution in [-0.4, -0.2) is 25.2 Å². The third-order valence-electron chi connectivity index (χ3n) is 4.17. The first kappa shape index (κ1) is 13.9. The highest BCUT2D eigenvalue weighted by Gasteiger charge is 2.27. The third kappa shape index (κ3) is 2.90. The summed E-state index contributed by atoms with van der Waals surface area (Å²) in [6.07, 6.45) is 1.69. The van der Waals surface area contributed by atoms with Crippen LogP contribution < -0.4 is 10.2 Å². The Hall–Kier alpha value is -1.53. The number of nitriles is 1. The van der Waals surface area contributed by atoms with Crippen LogP contribution in [0.2, 0.25) is 0 Å². The summed E-state index contributed by atoms with van der Waals surface area (Å²) < 4.78 is 0. The molecule has 2 atom stereocenters. The molecular formula is C16H23N3. The van der Waals surface area contributed by atoms with Crippen LogP contribution >= 0.6 is 0 Å². The summed E-state index contributed by atoms with van der Waals surface area (Å²) in [6, 6.07) is 9.53. The van der Waals surface area contributed by atoms with Crippen LogP contribution in [0.25, 0.3) is 0 Å². The standard InChI is InChI=1S/C16H23N3/c1-12-5-4-6-16(14(12)3)19-13(2)8-10-18-11-15(19)7-9-17/h4-6,13,15,18H,7-8,10-11H2,1-3H3. The molecule has 1 aliphatic rings. The van der Waals surface area contributed by atoms with Gasteiger partial charge in [0.2, 0.25) is 0 Å². The first-order valence-electron chi connectivity index (χ1n) is 7.07. The van der Waals surface area contributed by atoms with Crippen molar-refractivity contribution in [2.45, 2.75) is 45.7 Å². The number of hydrogen-bond donors (Lipinski definition) is 1. The van der Waals surface area contributed by atoms with Gasteiger partial charge < -0.3 is 10.2 Å². The highest BCUT2D eigenvalue weighted by Crippen LogP contribution is 2.29. The summed E-state index contributed by atoms with van der Waals surface area (Å²) in [5, 5.41) is 12.5. The molecule has 1 aliphatic heterocycles. The Bertz CT molecular complexity index is 475. The fraction of sp³-hybridized carbons (Fsp3) is 0.562. The molecule has 1 fully saturated rings. The molecule has 1 N–H and O–H groups in total. The second kappa shape index (κ2) is 6.08. The first-order valence-corrected chi connectivity index (χ1v) is 7.07. The molecule has 0 amide bonds. The topological polar surface area (TPSA) is 39.1 Å². The molecule has 0 bridgehead atoms. The van der Waals surface area contributed by atoms with Crippen molar-refractivity contribution in [3.63, 3.8) is 0 Å². The van der Waals surface area contributed by atoms with Gasteiger partial charge in [-0.05, 0) is 50.9 Å². The maximum absolute atomic E-state index is 9.08. The molecule has 3 heteroatoms. The molecule has 19 heavy (non-hydrogen) atoms. The van der Waals surface area contributed by atoms with Gasteiger partial charge in [0.25, 0.3) is 0 Å². The smallest absolute Gasteiger partial charge is 0.0643 e. The van der Waals surface area contributed by atoms with Gasteiger partial charge in [-0.1, -0.05) is 12.1 Å². The number of nitrogens with zero attached hydrogens (tertiary/aromatic N) is 2. The Balaban J connectivity index is 2.40. The quantitative estimate of drug-likeness (QED) is 0.885. The monoisotopic (exact) mass is 257 g/mol. The Morgan fingerprint density at radius 1 is 1.42 bits per heavy atom. The number of rotatable bonds is 2. The van der Waals surface area contributed by atoms with Crippen LogP contribution in [0.1, 0.15) is 30.9 Å². The maximum Gasteiger partial charge on any atom is 0.0643 e. The predicted molar refractivity (Wildman–Crippen MR) is 79.4 cm³/mol. The van der Waals surface area contributed by atoms with Crippen molar-refractivity contribution in [2.24, 2.45) is 0 Å². The van der Waals surface area contributed by atoms with E-state index in [9.17, 15) is 0 Å². The van der Waals surface area contributed by atoms with E-state index in [1.54, 1.807) is 0 Å². The molecule has 3 nitrogen and oxygen atoms in total. The van der Waals surface area contributed by atoms with E-state index in [1.807, 2.05) is 0 Å². The average Bonchev–Trinajstić information content (AvgIpc) is 2.56. The molecule has 1 aromatic carbocycles. The molecule has 0 saturated carbocycles. The summed E-state index contributed by atoms with van der Waals surface area (Å²) in [6.45, 7) is 8.52. The molecule has 2 unspecified atom stereocenters. The zero-order valence-electron chi connectivity index (χ0n) is 12.1. The largest absolute Gasteiger partial charge is 0.363 e. The predicted octanol–water partition coefficient (Wildman–Crippen LogP) is 2.77. The van der Waals surface area contributed by atoms with E-state index in [0.717, 1.165) is 19.5 Å². The molecule has 0 spiro atoms. The summed E-state index contributed by atoms with van der Waals surface area (Å²) in [7, 11) is 0. The third-order valence-corrected chi connectivity index (χ3v) is 4.17. The number of anilines is 1. The summed E-state index contributed by atoms with van der Waals surface area (Å²) in [5.41, 5.74) is 3.94. The summed E-state index contributed by atoms with van der Waals surface area (Å²) >= 11 is 0. The second-order valence-electron chi connectivity index (χ2n) is 5.48. The van der Waals surface area contributed by atoms with E-state index in [1.165, 1.54) is 16.8 Å². The van der Waals surface area contributed by atoms with E-state index in [2.05, 4.69) is 55.3 Å². The zero-order valence-corrected chi connectivity index (χ0v) is 12.1. The van der Waals surface area contributed by atoms with Gasteiger partial charge >= 0.3 is 0 Å². The number of nitrogens with one attached hydrogen (secondary N) is 1. The fourth-order valence-corrected chi connectivity index (χ4v) is 2.90. The van der Waals surface area contributed by atoms with Gasteiger partial charge in [-0.2, -0.15) is 5.26 Å². The van der Waals surface area contributed by atoms with Crippen molar-refractivity contribution < 1.29 is 0 Å². The summed E-state index contributed by atoms with van der Waals surface area (Å²) in [5.74, 6) is 0. The number of aryl methyl sites for hydroxylation is 1. The Kier molecular flexibility index (Phi) is 4.44. The molecule has 1 heterocycles. The van der Waals surface area contributed by atoms with E-state index in [4.69, 9.17) is 5.26 Å². The second-order valence-corrected chi connectivity index (χ2v) is 5.48. The van der Waals surface area contributed by atoms with Crippen LogP contribution in [0, 0.1) is 25.2 Å². The maximum atomic E-state index is 9.08. The van der Waals surface area contributed by atoms with Crippen LogP contribution in [0.4, 0.5) is 5.69 Å². The fourth-order valence-electron chi connectivity index (χ4n) is 2.90. The Morgan fingerprint density at radius 2 is 2.21 bits per heavy atom. The molecular weight excluding hydrogens is 234 g/mol. The first-order chi connectivity index (χ1) is 9.15. The van der Waals surface area contributed by atoms with Gasteiger partial charge in [0.15, 0.2) is 0 Å². The van der Waals surface area contributed by atoms with Crippen molar-refractivity contribution in [3.8, 4) is 6.07 Å². The molecule has 2 rings (SSSR count). The van der Waals surface area contributed by atoms with E-state index in [-0.39, 0.29) is 6.04 Å². The van der Waals surface area contributed by atoms with E-state index < -0.39 is 0 Å². The lowest BCUT2D eigenvalue weighted by Gasteiger charge is -2.37. The average molecular weight is 257 g/mol. The van der Waals surface area contributed by atoms with Gasteiger partial charge in [0.1, 0.15) is 0 Å². The molecule has 0 radical (unpaired) electrons. The Morgan fingerprint density at radius 3 is 2.95 bits per heavy atom. The van der Waals surface area contributed by atoms with Gasteiger partial charge in [0, 0.05) is 18.3 Å². The summed E-state index contributed by atoms with van der Waals surface area (Å²) in [4.78, 5) is 2.45. The van der Waals surface area contributed by atoms with Gasteiger partial charge in [-0.25, -0.2) is 0 Å². The van der Waals surface area contributed by atoms with Gasteiger partial charge in [-0.15, -0.1) is 0 Å². The van der Waals surface area contributed by atoms with Crippen LogP contribution in [0.15, 0.2) is 18.2 Å². The SMILES string of the molecule is Cc1cccc(N2C(C)CCNCC2CC#N)c1C. The number of benzene rings is 1. The van der Waals surface area contributed by atoms with E-state index >= 15 is 0 Å². The lowest BCUT2D eigenvalue weighted by molar-refractivity contribution is 0.550. The minimum atomic E-state index is 0.267. The van der Waals surface area contributed by atoms with Crippen molar-refractivity contribution in [1.82, 2.24) is 5.32 Å². The van der Waals surface area contributed by atoms with Crippen molar-refractivity contribution >= 4 is 5.69 Å². The minimum Gasteiger partial charge on any atom is -0.363 e. The molecule has 0 aromatic heterocycles. The van der Waals surface area contributed by atoms with Crippen LogP contribution in [-0.2, 0) is 0 Å². The van der Waals surface area contributed by atoms with Crippen LogP contribution in [0.5, 0.6) is 0 Å². The number of hydrogen-bond acceptors (Lipinski definition) is 3. The molecule has 1 aromatic rings. The molecule has 1 saturated heterocycles. The van der Waals surface area contributed by atoms with Crippen molar-refractivity contribution in [2.75, 3.05) is 18.0 Å². The van der Waals surface area contributed by atoms with Crippen molar-refractivity contribution in [3.05, 3.63) is 29.3 Å². The van der Waals surface area contributed by atoms with Crippen LogP contribution in [0.3, 0.4) is 0 Å². The normalized spacial score (nSPS) is 23.8. The molecule has 0 aliphatic carbocycles. The highest BCUT2D eigenvalue weighted by molar-refractivity contribution is 5.57. The molecule has 102 valence electrons. The van der Waals surface area contributed by atoms with E-state index in [0.29, 0.717) is 12.5 Å². The Labute approximate surface area is 116 Å². The van der Waals surface area contributed by atoms with Gasteiger partial charge in [-0.3, -0.25) is 0 Å². The van der Waals surface area contributed by atoms with Crippen molar-refractivity contribution in [1.29, 1.82) is 5.26 Å². The minimum absolute atomic E-state index is 0.267. The zero-order chi connectivity index (χ0) is 13.8. The lowest BCUT2D eigenvalue weighted by Crippen LogP contribution is -2.44.